The van der Waals surface area contributed by atoms with E-state index in [1.165, 1.54) is 47.1 Å². The van der Waals surface area contributed by atoms with Gasteiger partial charge in [-0.2, -0.15) is 0 Å². The highest BCUT2D eigenvalue weighted by atomic mass is 16.5. The predicted molar refractivity (Wildman–Crippen MR) is 137 cm³/mol. The molecular weight excluding hydrogens is 388 g/mol. The van der Waals surface area contributed by atoms with Gasteiger partial charge in [-0.05, 0) is 95.0 Å². The zero-order valence-corrected chi connectivity index (χ0v) is 20.7. The van der Waals surface area contributed by atoms with Crippen molar-refractivity contribution in [2.75, 3.05) is 0 Å². The molecule has 0 aliphatic heterocycles. The van der Waals surface area contributed by atoms with Gasteiger partial charge >= 0.3 is 0 Å². The average Bonchev–Trinajstić information content (AvgIpc) is 2.72. The number of hydrogen-bond donors (Lipinski definition) is 0. The van der Waals surface area contributed by atoms with Crippen LogP contribution < -0.4 is 4.74 Å². The summed E-state index contributed by atoms with van der Waals surface area (Å²) in [6, 6.07) is 21.9. The molecule has 0 aromatic heterocycles. The third-order valence-electron chi connectivity index (χ3n) is 6.37. The van der Waals surface area contributed by atoms with Crippen molar-refractivity contribution in [3.05, 3.63) is 82.9 Å². The molecule has 0 spiro atoms. The maximum absolute atomic E-state index is 6.46. The maximum Gasteiger partial charge on any atom is 0.135 e. The number of aryl methyl sites for hydroxylation is 1. The van der Waals surface area contributed by atoms with E-state index in [1.54, 1.807) is 5.56 Å². The van der Waals surface area contributed by atoms with E-state index in [4.69, 9.17) is 4.74 Å². The van der Waals surface area contributed by atoms with E-state index < -0.39 is 0 Å². The second-order valence-electron chi connectivity index (χ2n) is 11.6. The van der Waals surface area contributed by atoms with Crippen LogP contribution in [0.4, 0.5) is 0 Å². The van der Waals surface area contributed by atoms with E-state index >= 15 is 0 Å². The molecule has 0 N–H and O–H groups in total. The van der Waals surface area contributed by atoms with Crippen molar-refractivity contribution in [2.45, 2.75) is 79.1 Å². The highest BCUT2D eigenvalue weighted by Gasteiger charge is 2.23. The van der Waals surface area contributed by atoms with Crippen LogP contribution in [0.1, 0.15) is 76.6 Å². The number of ether oxygens (including phenoxy) is 1. The standard InChI is InChI=1S/C31H38O/c1-30(2,3)21-22-18-23-12-10-11-15-26(23)27(19-22)28-20-24(31(4,5)6)16-17-29(28)32-25-13-8-7-9-14-25/h7-9,13-14,16-20H,10-12,15,21H2,1-6H3. The summed E-state index contributed by atoms with van der Waals surface area (Å²) in [6.07, 6.45) is 5.99. The van der Waals surface area contributed by atoms with Gasteiger partial charge in [-0.3, -0.25) is 0 Å². The Balaban J connectivity index is 1.91. The number of para-hydroxylation sites is 1. The monoisotopic (exact) mass is 426 g/mol. The number of benzene rings is 3. The first-order chi connectivity index (χ1) is 15.1. The molecule has 0 saturated heterocycles. The van der Waals surface area contributed by atoms with E-state index in [0.29, 0.717) is 0 Å². The second-order valence-corrected chi connectivity index (χ2v) is 11.6. The summed E-state index contributed by atoms with van der Waals surface area (Å²) in [7, 11) is 0. The highest BCUT2D eigenvalue weighted by Crippen LogP contribution is 2.42. The van der Waals surface area contributed by atoms with Gasteiger partial charge in [0.2, 0.25) is 0 Å². The molecule has 3 aromatic carbocycles. The van der Waals surface area contributed by atoms with Crippen LogP contribution in [0.15, 0.2) is 60.7 Å². The molecule has 32 heavy (non-hydrogen) atoms. The van der Waals surface area contributed by atoms with E-state index in [-0.39, 0.29) is 10.8 Å². The lowest BCUT2D eigenvalue weighted by Gasteiger charge is -2.26. The lowest BCUT2D eigenvalue weighted by molar-refractivity contribution is 0.411. The molecule has 1 heteroatoms. The molecule has 0 heterocycles. The van der Waals surface area contributed by atoms with Gasteiger partial charge in [0.15, 0.2) is 0 Å². The Morgan fingerprint density at radius 3 is 2.16 bits per heavy atom. The molecule has 1 aliphatic carbocycles. The minimum atomic E-state index is 0.0864. The Kier molecular flexibility index (Phi) is 6.21. The summed E-state index contributed by atoms with van der Waals surface area (Å²) in [6.45, 7) is 13.9. The van der Waals surface area contributed by atoms with E-state index in [1.807, 2.05) is 30.3 Å². The fraction of sp³-hybridized carbons (Fsp3) is 0.419. The van der Waals surface area contributed by atoms with Gasteiger partial charge in [0, 0.05) is 5.56 Å². The Bertz CT molecular complexity index is 1080. The first kappa shape index (κ1) is 22.6. The largest absolute Gasteiger partial charge is 0.457 e. The Morgan fingerprint density at radius 2 is 1.47 bits per heavy atom. The van der Waals surface area contributed by atoms with Crippen molar-refractivity contribution in [2.24, 2.45) is 5.41 Å². The normalized spacial score (nSPS) is 14.2. The second kappa shape index (κ2) is 8.77. The summed E-state index contributed by atoms with van der Waals surface area (Å²) in [5.41, 5.74) is 8.81. The predicted octanol–water partition coefficient (Wildman–Crippen LogP) is 8.91. The first-order valence-corrected chi connectivity index (χ1v) is 12.1. The van der Waals surface area contributed by atoms with Crippen LogP contribution in [-0.4, -0.2) is 0 Å². The third kappa shape index (κ3) is 5.26. The lowest BCUT2D eigenvalue weighted by atomic mass is 9.79. The van der Waals surface area contributed by atoms with Gasteiger partial charge in [0.25, 0.3) is 0 Å². The molecule has 0 saturated carbocycles. The van der Waals surface area contributed by atoms with Crippen molar-refractivity contribution >= 4 is 0 Å². The molecule has 0 atom stereocenters. The molecule has 0 fully saturated rings. The summed E-state index contributed by atoms with van der Waals surface area (Å²) < 4.78 is 6.46. The van der Waals surface area contributed by atoms with Crippen LogP contribution in [0.2, 0.25) is 0 Å². The quantitative estimate of drug-likeness (QED) is 0.404. The Hall–Kier alpha value is -2.54. The molecule has 1 aliphatic rings. The maximum atomic E-state index is 6.46. The van der Waals surface area contributed by atoms with Crippen molar-refractivity contribution in [1.82, 2.24) is 0 Å². The molecule has 1 nitrogen and oxygen atoms in total. The Labute approximate surface area is 194 Å². The van der Waals surface area contributed by atoms with Crippen molar-refractivity contribution in [3.63, 3.8) is 0 Å². The number of hydrogen-bond acceptors (Lipinski definition) is 1. The molecular formula is C31H38O. The van der Waals surface area contributed by atoms with Crippen LogP contribution in [0, 0.1) is 5.41 Å². The van der Waals surface area contributed by atoms with Gasteiger partial charge in [-0.25, -0.2) is 0 Å². The van der Waals surface area contributed by atoms with Crippen molar-refractivity contribution in [1.29, 1.82) is 0 Å². The average molecular weight is 427 g/mol. The lowest BCUT2D eigenvalue weighted by Crippen LogP contribution is -2.13. The molecule has 0 radical (unpaired) electrons. The van der Waals surface area contributed by atoms with Crippen molar-refractivity contribution < 1.29 is 4.74 Å². The molecule has 3 aromatic rings. The van der Waals surface area contributed by atoms with E-state index in [9.17, 15) is 0 Å². The molecule has 0 amide bonds. The summed E-state index contributed by atoms with van der Waals surface area (Å²) in [5.74, 6) is 1.84. The number of rotatable bonds is 4. The van der Waals surface area contributed by atoms with Gasteiger partial charge in [0.1, 0.15) is 11.5 Å². The van der Waals surface area contributed by atoms with Gasteiger partial charge in [0.05, 0.1) is 0 Å². The van der Waals surface area contributed by atoms with Crippen LogP contribution in [0.5, 0.6) is 11.5 Å². The fourth-order valence-electron chi connectivity index (χ4n) is 4.80. The summed E-state index contributed by atoms with van der Waals surface area (Å²) in [4.78, 5) is 0. The minimum absolute atomic E-state index is 0.0864. The minimum Gasteiger partial charge on any atom is -0.457 e. The molecule has 0 bridgehead atoms. The van der Waals surface area contributed by atoms with Crippen LogP contribution >= 0.6 is 0 Å². The van der Waals surface area contributed by atoms with Crippen LogP contribution in [-0.2, 0) is 24.7 Å². The summed E-state index contributed by atoms with van der Waals surface area (Å²) >= 11 is 0. The van der Waals surface area contributed by atoms with E-state index in [2.05, 4.69) is 71.9 Å². The van der Waals surface area contributed by atoms with Crippen LogP contribution in [0.25, 0.3) is 11.1 Å². The fourth-order valence-corrected chi connectivity index (χ4v) is 4.80. The van der Waals surface area contributed by atoms with Crippen molar-refractivity contribution in [3.8, 4) is 22.6 Å². The SMILES string of the molecule is CC(C)(C)Cc1cc2c(c(-c3cc(C(C)(C)C)ccc3Oc3ccccc3)c1)CCCC2. The third-order valence-corrected chi connectivity index (χ3v) is 6.37. The molecule has 168 valence electrons. The topological polar surface area (TPSA) is 9.23 Å². The number of fused-ring (bicyclic) bond motifs is 1. The van der Waals surface area contributed by atoms with Gasteiger partial charge < -0.3 is 4.74 Å². The molecule has 0 unspecified atom stereocenters. The highest BCUT2D eigenvalue weighted by molar-refractivity contribution is 5.77. The zero-order chi connectivity index (χ0) is 22.9. The Morgan fingerprint density at radius 1 is 0.750 bits per heavy atom. The van der Waals surface area contributed by atoms with Gasteiger partial charge in [-0.1, -0.05) is 77.9 Å². The zero-order valence-electron chi connectivity index (χ0n) is 20.7. The molecule has 4 rings (SSSR count). The smallest absolute Gasteiger partial charge is 0.135 e. The van der Waals surface area contributed by atoms with E-state index in [0.717, 1.165) is 24.3 Å². The first-order valence-electron chi connectivity index (χ1n) is 12.1. The van der Waals surface area contributed by atoms with Crippen LogP contribution in [0.3, 0.4) is 0 Å². The van der Waals surface area contributed by atoms with Gasteiger partial charge in [-0.15, -0.1) is 0 Å². The summed E-state index contributed by atoms with van der Waals surface area (Å²) in [5, 5.41) is 0.